The van der Waals surface area contributed by atoms with Crippen LogP contribution in [0.4, 0.5) is 4.39 Å². The molecule has 0 spiro atoms. The van der Waals surface area contributed by atoms with E-state index in [-0.39, 0.29) is 10.6 Å². The van der Waals surface area contributed by atoms with Gasteiger partial charge in [-0.3, -0.25) is 4.79 Å². The summed E-state index contributed by atoms with van der Waals surface area (Å²) in [6.07, 6.45) is 0. The lowest BCUT2D eigenvalue weighted by Gasteiger charge is -2.03. The normalized spacial score (nSPS) is 9.77. The third-order valence-corrected chi connectivity index (χ3v) is 1.84. The van der Waals surface area contributed by atoms with Crippen LogP contribution >= 0.6 is 11.6 Å². The molecule has 0 fully saturated rings. The van der Waals surface area contributed by atoms with Gasteiger partial charge in [0.05, 0.1) is 10.6 Å². The fourth-order valence-electron chi connectivity index (χ4n) is 0.851. The molecule has 0 saturated heterocycles. The minimum absolute atomic E-state index is 0.120. The summed E-state index contributed by atoms with van der Waals surface area (Å²) < 4.78 is 13.1. The molecule has 0 aliphatic heterocycles. The van der Waals surface area contributed by atoms with E-state index in [0.29, 0.717) is 0 Å². The number of hydrogen-bond donors (Lipinski definition) is 2. The molecule has 0 unspecified atom stereocenters. The summed E-state index contributed by atoms with van der Waals surface area (Å²) in [5.41, 5.74) is -0.232. The van der Waals surface area contributed by atoms with Crippen molar-refractivity contribution in [1.29, 1.82) is 0 Å². The van der Waals surface area contributed by atoms with Gasteiger partial charge in [0.1, 0.15) is 0 Å². The van der Waals surface area contributed by atoms with E-state index in [1.54, 1.807) is 0 Å². The number of halogens is 2. The summed E-state index contributed by atoms with van der Waals surface area (Å²) in [5.74, 6) is -2.32. The lowest BCUT2D eigenvalue weighted by atomic mass is 10.2. The highest BCUT2D eigenvalue weighted by atomic mass is 35.5. The molecule has 0 atom stereocenters. The molecule has 0 aliphatic carbocycles. The largest absolute Gasteiger partial charge is 0.504 e. The van der Waals surface area contributed by atoms with Crippen LogP contribution in [0.3, 0.4) is 0 Å². The molecule has 0 heterocycles. The highest BCUT2D eigenvalue weighted by Gasteiger charge is 2.15. The molecule has 13 heavy (non-hydrogen) atoms. The quantitative estimate of drug-likeness (QED) is 0.728. The minimum atomic E-state index is -1.01. The number of phenols is 1. The second kappa shape index (κ2) is 3.62. The van der Waals surface area contributed by atoms with Crippen LogP contribution in [0.15, 0.2) is 12.1 Å². The van der Waals surface area contributed by atoms with Gasteiger partial charge >= 0.3 is 0 Å². The molecule has 1 aromatic carbocycles. The van der Waals surface area contributed by atoms with E-state index < -0.39 is 17.5 Å². The van der Waals surface area contributed by atoms with Gasteiger partial charge in [0.25, 0.3) is 5.91 Å². The number of aromatic hydroxyl groups is 1. The summed E-state index contributed by atoms with van der Waals surface area (Å²) in [6, 6.07) is 2.46. The van der Waals surface area contributed by atoms with Crippen LogP contribution in [0.2, 0.25) is 5.02 Å². The number of carbonyl (C=O) groups excluding carboxylic acids is 1. The molecule has 0 aromatic heterocycles. The summed E-state index contributed by atoms with van der Waals surface area (Å²) >= 11 is 5.41. The van der Waals surface area contributed by atoms with Gasteiger partial charge in [0.2, 0.25) is 0 Å². The van der Waals surface area contributed by atoms with Gasteiger partial charge in [-0.25, -0.2) is 4.39 Å². The number of phenolic OH excluding ortho intramolecular Hbond substituents is 1. The van der Waals surface area contributed by atoms with Crippen molar-refractivity contribution in [1.82, 2.24) is 5.32 Å². The van der Waals surface area contributed by atoms with Gasteiger partial charge in [0, 0.05) is 7.05 Å². The van der Waals surface area contributed by atoms with Crippen molar-refractivity contribution in [3.63, 3.8) is 0 Å². The minimum Gasteiger partial charge on any atom is -0.504 e. The second-order valence-corrected chi connectivity index (χ2v) is 2.74. The highest BCUT2D eigenvalue weighted by molar-refractivity contribution is 6.32. The number of hydrogen-bond acceptors (Lipinski definition) is 2. The third-order valence-electron chi connectivity index (χ3n) is 1.54. The van der Waals surface area contributed by atoms with E-state index in [1.807, 2.05) is 0 Å². The molecule has 3 nitrogen and oxygen atoms in total. The zero-order valence-corrected chi connectivity index (χ0v) is 7.52. The van der Waals surface area contributed by atoms with Crippen molar-refractivity contribution in [3.05, 3.63) is 28.5 Å². The maximum Gasteiger partial charge on any atom is 0.254 e. The van der Waals surface area contributed by atoms with Crippen LogP contribution in [0.5, 0.6) is 5.75 Å². The van der Waals surface area contributed by atoms with Crippen molar-refractivity contribution in [3.8, 4) is 5.75 Å². The molecule has 5 heteroatoms. The number of rotatable bonds is 1. The molecule has 1 aromatic rings. The van der Waals surface area contributed by atoms with Crippen molar-refractivity contribution in [2.75, 3.05) is 7.05 Å². The van der Waals surface area contributed by atoms with Crippen molar-refractivity contribution in [2.45, 2.75) is 0 Å². The molecule has 2 N–H and O–H groups in total. The summed E-state index contributed by atoms with van der Waals surface area (Å²) in [4.78, 5) is 11.0. The Balaban J connectivity index is 3.26. The summed E-state index contributed by atoms with van der Waals surface area (Å²) in [6.45, 7) is 0. The predicted molar refractivity (Wildman–Crippen MR) is 46.5 cm³/mol. The van der Waals surface area contributed by atoms with Crippen LogP contribution < -0.4 is 5.32 Å². The monoisotopic (exact) mass is 203 g/mol. The van der Waals surface area contributed by atoms with E-state index in [4.69, 9.17) is 16.7 Å². The van der Waals surface area contributed by atoms with E-state index in [0.717, 1.165) is 0 Å². The molecular formula is C8H7ClFNO2. The Morgan fingerprint density at radius 1 is 1.62 bits per heavy atom. The number of nitrogens with one attached hydrogen (secondary N) is 1. The molecule has 0 aliphatic rings. The lowest BCUT2D eigenvalue weighted by molar-refractivity contribution is 0.0958. The maximum absolute atomic E-state index is 13.1. The Kier molecular flexibility index (Phi) is 2.72. The average molecular weight is 204 g/mol. The molecule has 0 radical (unpaired) electrons. The first-order valence-corrected chi connectivity index (χ1v) is 3.84. The number of amides is 1. The predicted octanol–water partition coefficient (Wildman–Crippen LogP) is 1.54. The van der Waals surface area contributed by atoms with Crippen LogP contribution in [-0.2, 0) is 0 Å². The standard InChI is InChI=1S/C8H7ClFNO2/c1-11-8(13)4-2-3-5(9)7(12)6(4)10/h2-3,12H,1H3,(H,11,13). The smallest absolute Gasteiger partial charge is 0.254 e. The maximum atomic E-state index is 13.1. The lowest BCUT2D eigenvalue weighted by Crippen LogP contribution is -2.19. The fourth-order valence-corrected chi connectivity index (χ4v) is 0.997. The van der Waals surface area contributed by atoms with Gasteiger partial charge in [-0.05, 0) is 12.1 Å². The van der Waals surface area contributed by atoms with Crippen molar-refractivity contribution in [2.24, 2.45) is 0 Å². The Morgan fingerprint density at radius 3 is 2.77 bits per heavy atom. The first kappa shape index (κ1) is 9.80. The molecule has 70 valence electrons. The van der Waals surface area contributed by atoms with Crippen LogP contribution in [0, 0.1) is 5.82 Å². The summed E-state index contributed by atoms with van der Waals surface area (Å²) in [7, 11) is 1.37. The number of benzene rings is 1. The number of carbonyl (C=O) groups is 1. The van der Waals surface area contributed by atoms with Gasteiger partial charge in [-0.2, -0.15) is 0 Å². The third kappa shape index (κ3) is 1.72. The highest BCUT2D eigenvalue weighted by Crippen LogP contribution is 2.28. The first-order valence-electron chi connectivity index (χ1n) is 3.47. The topological polar surface area (TPSA) is 49.3 Å². The zero-order chi connectivity index (χ0) is 10.0. The zero-order valence-electron chi connectivity index (χ0n) is 6.77. The van der Waals surface area contributed by atoms with E-state index in [2.05, 4.69) is 5.32 Å². The Morgan fingerprint density at radius 2 is 2.23 bits per heavy atom. The molecular weight excluding hydrogens is 197 g/mol. The van der Waals surface area contributed by atoms with E-state index >= 15 is 0 Å². The molecule has 0 bridgehead atoms. The first-order chi connectivity index (χ1) is 6.07. The second-order valence-electron chi connectivity index (χ2n) is 2.34. The van der Waals surface area contributed by atoms with Crippen LogP contribution in [-0.4, -0.2) is 18.1 Å². The van der Waals surface area contributed by atoms with Crippen LogP contribution in [0.1, 0.15) is 10.4 Å². The van der Waals surface area contributed by atoms with Gasteiger partial charge in [-0.1, -0.05) is 11.6 Å². The van der Waals surface area contributed by atoms with Crippen LogP contribution in [0.25, 0.3) is 0 Å². The van der Waals surface area contributed by atoms with Gasteiger partial charge in [-0.15, -0.1) is 0 Å². The van der Waals surface area contributed by atoms with Crippen molar-refractivity contribution >= 4 is 17.5 Å². The summed E-state index contributed by atoms with van der Waals surface area (Å²) in [5, 5.41) is 11.2. The fraction of sp³-hybridized carbons (Fsp3) is 0.125. The Bertz CT molecular complexity index is 354. The van der Waals surface area contributed by atoms with E-state index in [1.165, 1.54) is 19.2 Å². The van der Waals surface area contributed by atoms with Gasteiger partial charge < -0.3 is 10.4 Å². The Labute approximate surface area is 79.1 Å². The van der Waals surface area contributed by atoms with Crippen molar-refractivity contribution < 1.29 is 14.3 Å². The van der Waals surface area contributed by atoms with Gasteiger partial charge in [0.15, 0.2) is 11.6 Å². The Hall–Kier alpha value is -1.29. The molecule has 1 rings (SSSR count). The molecule has 1 amide bonds. The SMILES string of the molecule is CNC(=O)c1ccc(Cl)c(O)c1F. The average Bonchev–Trinajstić information content (AvgIpc) is 2.13. The molecule has 0 saturated carbocycles. The van der Waals surface area contributed by atoms with E-state index in [9.17, 15) is 9.18 Å².